The van der Waals surface area contributed by atoms with Gasteiger partial charge in [-0.15, -0.1) is 0 Å². The van der Waals surface area contributed by atoms with E-state index in [1.54, 1.807) is 6.07 Å². The largest absolute Gasteiger partial charge is 0.476 e. The highest BCUT2D eigenvalue weighted by atomic mass is 35.5. The number of carboxylic acids is 1. The third kappa shape index (κ3) is 5.63. The Morgan fingerprint density at radius 3 is 2.58 bits per heavy atom. The zero-order valence-electron chi connectivity index (χ0n) is 18.6. The summed E-state index contributed by atoms with van der Waals surface area (Å²) >= 11 is 6.41. The van der Waals surface area contributed by atoms with Gasteiger partial charge >= 0.3 is 5.97 Å². The van der Waals surface area contributed by atoms with E-state index < -0.39 is 22.4 Å². The number of anilines is 2. The molecule has 2 aromatic rings. The smallest absolute Gasteiger partial charge is 0.368 e. The lowest BCUT2D eigenvalue weighted by atomic mass is 9.81. The molecule has 2 aromatic carbocycles. The fourth-order valence-electron chi connectivity index (χ4n) is 4.16. The maximum Gasteiger partial charge on any atom is 0.368 e. The van der Waals surface area contributed by atoms with Gasteiger partial charge in [0, 0.05) is 29.5 Å². The van der Waals surface area contributed by atoms with Crippen molar-refractivity contribution in [2.24, 2.45) is 5.41 Å². The zero-order chi connectivity index (χ0) is 24.2. The molecule has 0 fully saturated rings. The van der Waals surface area contributed by atoms with Crippen LogP contribution in [0, 0.1) is 5.41 Å². The first-order valence-corrected chi connectivity index (χ1v) is 12.9. The van der Waals surface area contributed by atoms with Crippen molar-refractivity contribution in [1.82, 2.24) is 0 Å². The van der Waals surface area contributed by atoms with Crippen molar-refractivity contribution in [3.63, 3.8) is 0 Å². The van der Waals surface area contributed by atoms with E-state index >= 15 is 0 Å². The van der Waals surface area contributed by atoms with Gasteiger partial charge in [0.25, 0.3) is 0 Å². The van der Waals surface area contributed by atoms with Crippen LogP contribution in [0.25, 0.3) is 0 Å². The average molecular weight is 498 g/mol. The summed E-state index contributed by atoms with van der Waals surface area (Å²) in [6, 6.07) is 12.6. The van der Waals surface area contributed by atoms with Crippen LogP contribution in [0.3, 0.4) is 0 Å². The van der Waals surface area contributed by atoms with Crippen molar-refractivity contribution in [2.75, 3.05) is 17.2 Å². The standard InChI is InChI=1S/C24H29ClFNO5S/c1-3-5-11-24(4-2)15-27(17-9-7-6-8-10-17)20-12-18(25)21(32-14-19(26)23(28)29)13-22(20)33(30,31)16-24/h6-10,12-14,30-31H,3-5,11,15-16H2,1-2H3,(H,28,29)/b19-14-. The topological polar surface area (TPSA) is 90.2 Å². The number of carboxylic acid groups (broad SMARTS) is 1. The van der Waals surface area contributed by atoms with Crippen LogP contribution >= 0.6 is 22.2 Å². The molecule has 9 heteroatoms. The fourth-order valence-corrected chi connectivity index (χ4v) is 6.61. The summed E-state index contributed by atoms with van der Waals surface area (Å²) in [4.78, 5) is 13.0. The first-order valence-electron chi connectivity index (χ1n) is 10.8. The van der Waals surface area contributed by atoms with Gasteiger partial charge in [-0.3, -0.25) is 9.11 Å². The third-order valence-corrected chi connectivity index (χ3v) is 8.37. The third-order valence-electron chi connectivity index (χ3n) is 6.03. The quantitative estimate of drug-likeness (QED) is 0.259. The van der Waals surface area contributed by atoms with E-state index in [2.05, 4.69) is 13.8 Å². The van der Waals surface area contributed by atoms with Gasteiger partial charge in [-0.25, -0.2) is 4.79 Å². The Morgan fingerprint density at radius 1 is 1.27 bits per heavy atom. The summed E-state index contributed by atoms with van der Waals surface area (Å²) in [7, 11) is -3.27. The molecule has 1 unspecified atom stereocenters. The van der Waals surface area contributed by atoms with Crippen molar-refractivity contribution in [1.29, 1.82) is 0 Å². The highest BCUT2D eigenvalue weighted by Crippen LogP contribution is 2.61. The Kier molecular flexibility index (Phi) is 7.95. The Bertz CT molecular complexity index is 1030. The number of unbranched alkanes of at least 4 members (excludes halogenated alkanes) is 1. The molecule has 0 aromatic heterocycles. The first-order chi connectivity index (χ1) is 15.6. The molecule has 0 saturated heterocycles. The van der Waals surface area contributed by atoms with E-state index in [4.69, 9.17) is 21.4 Å². The Balaban J connectivity index is 2.17. The first kappa shape index (κ1) is 25.4. The second kappa shape index (κ2) is 10.3. The molecular formula is C24H29ClFNO5S. The summed E-state index contributed by atoms with van der Waals surface area (Å²) < 4.78 is 41.3. The normalized spacial score (nSPS) is 21.2. The molecule has 180 valence electrons. The molecule has 0 bridgehead atoms. The van der Waals surface area contributed by atoms with Gasteiger partial charge in [-0.1, -0.05) is 56.5 Å². The number of nitrogens with zero attached hydrogens (tertiary/aromatic N) is 1. The molecule has 0 aliphatic carbocycles. The Labute approximate surface area is 200 Å². The zero-order valence-corrected chi connectivity index (χ0v) is 20.2. The predicted molar refractivity (Wildman–Crippen MR) is 131 cm³/mol. The number of rotatable bonds is 8. The van der Waals surface area contributed by atoms with E-state index in [1.807, 2.05) is 35.2 Å². The average Bonchev–Trinajstić information content (AvgIpc) is 2.88. The number of ether oxygens (including phenoxy) is 1. The molecule has 6 nitrogen and oxygen atoms in total. The van der Waals surface area contributed by atoms with Crippen molar-refractivity contribution >= 4 is 39.5 Å². The molecule has 0 spiro atoms. The second-order valence-electron chi connectivity index (χ2n) is 8.33. The molecule has 1 atom stereocenters. The van der Waals surface area contributed by atoms with Crippen molar-refractivity contribution in [2.45, 2.75) is 44.4 Å². The molecule has 0 radical (unpaired) electrons. The summed E-state index contributed by atoms with van der Waals surface area (Å²) in [5.74, 6) is -3.16. The van der Waals surface area contributed by atoms with Gasteiger partial charge in [-0.05, 0) is 31.0 Å². The molecule has 1 heterocycles. The number of aliphatic carboxylic acids is 1. The molecular weight excluding hydrogens is 469 g/mol. The number of hydrogen-bond acceptors (Lipinski definition) is 5. The molecule has 1 aliphatic rings. The highest BCUT2D eigenvalue weighted by molar-refractivity contribution is 8.24. The number of halogens is 2. The van der Waals surface area contributed by atoms with Crippen molar-refractivity contribution < 1.29 is 28.1 Å². The summed E-state index contributed by atoms with van der Waals surface area (Å²) in [5, 5.41) is 8.81. The Hall–Kier alpha value is -2.26. The van der Waals surface area contributed by atoms with E-state index in [-0.39, 0.29) is 26.8 Å². The maximum absolute atomic E-state index is 13.4. The van der Waals surface area contributed by atoms with Gasteiger partial charge < -0.3 is 14.7 Å². The minimum Gasteiger partial charge on any atom is -0.476 e. The number of benzene rings is 2. The summed E-state index contributed by atoms with van der Waals surface area (Å²) in [6.45, 7) is 4.74. The molecule has 1 aliphatic heterocycles. The second-order valence-corrected chi connectivity index (χ2v) is 10.8. The van der Waals surface area contributed by atoms with Crippen LogP contribution in [0.4, 0.5) is 15.8 Å². The van der Waals surface area contributed by atoms with E-state index in [0.717, 1.165) is 31.4 Å². The molecule has 33 heavy (non-hydrogen) atoms. The summed E-state index contributed by atoms with van der Waals surface area (Å²) in [5.41, 5.74) is 1.06. The molecule has 3 rings (SSSR count). The van der Waals surface area contributed by atoms with Crippen LogP contribution in [0.1, 0.15) is 39.5 Å². The van der Waals surface area contributed by atoms with Crippen molar-refractivity contribution in [3.05, 3.63) is 59.6 Å². The van der Waals surface area contributed by atoms with Crippen LogP contribution in [0.15, 0.2) is 59.4 Å². The van der Waals surface area contributed by atoms with Gasteiger partial charge in [0.1, 0.15) is 12.0 Å². The predicted octanol–water partition coefficient (Wildman–Crippen LogP) is 7.46. The van der Waals surface area contributed by atoms with E-state index in [9.17, 15) is 18.3 Å². The van der Waals surface area contributed by atoms with Gasteiger partial charge in [0.15, 0.2) is 0 Å². The van der Waals surface area contributed by atoms with Gasteiger partial charge in [0.2, 0.25) is 5.83 Å². The number of hydrogen-bond donors (Lipinski definition) is 3. The fraction of sp³-hybridized carbons (Fsp3) is 0.375. The molecule has 0 saturated carbocycles. The SMILES string of the molecule is CCCCC1(CC)CN(c2ccccc2)c2cc(Cl)c(O/C=C(\F)C(=O)O)cc2S(O)(O)C1. The van der Waals surface area contributed by atoms with Gasteiger partial charge in [0.05, 0.1) is 15.6 Å². The van der Waals surface area contributed by atoms with Crippen LogP contribution in [-0.2, 0) is 4.79 Å². The highest BCUT2D eigenvalue weighted by Gasteiger charge is 2.42. The van der Waals surface area contributed by atoms with Gasteiger partial charge in [-0.2, -0.15) is 15.0 Å². The Morgan fingerprint density at radius 2 is 1.97 bits per heavy atom. The van der Waals surface area contributed by atoms with Crippen LogP contribution in [0.2, 0.25) is 5.02 Å². The molecule has 0 amide bonds. The lowest BCUT2D eigenvalue weighted by Gasteiger charge is -2.41. The number of para-hydroxylation sites is 1. The minimum atomic E-state index is -3.27. The van der Waals surface area contributed by atoms with E-state index in [0.29, 0.717) is 18.5 Å². The lowest BCUT2D eigenvalue weighted by molar-refractivity contribution is -0.134. The van der Waals surface area contributed by atoms with Crippen LogP contribution in [-0.4, -0.2) is 32.5 Å². The maximum atomic E-state index is 13.4. The summed E-state index contributed by atoms with van der Waals surface area (Å²) in [6.07, 6.45) is 3.97. The van der Waals surface area contributed by atoms with Crippen molar-refractivity contribution in [3.8, 4) is 5.75 Å². The van der Waals surface area contributed by atoms with E-state index in [1.165, 1.54) is 6.07 Å². The van der Waals surface area contributed by atoms with Crippen LogP contribution in [0.5, 0.6) is 5.75 Å². The molecule has 3 N–H and O–H groups in total. The monoisotopic (exact) mass is 497 g/mol. The minimum absolute atomic E-state index is 0.0580. The number of fused-ring (bicyclic) bond motifs is 1. The van der Waals surface area contributed by atoms with Crippen LogP contribution < -0.4 is 9.64 Å². The lowest BCUT2D eigenvalue weighted by Crippen LogP contribution is -2.37. The number of carbonyl (C=O) groups is 1.